The van der Waals surface area contributed by atoms with E-state index in [9.17, 15) is 0 Å². The SMILES string of the molecule is C=Cc1ccccc1.c1cncnc1. The van der Waals surface area contributed by atoms with E-state index in [1.807, 2.05) is 36.4 Å². The zero-order chi connectivity index (χ0) is 10.1. The van der Waals surface area contributed by atoms with Crippen LogP contribution in [-0.2, 0) is 0 Å². The second-order valence-corrected chi connectivity index (χ2v) is 2.52. The summed E-state index contributed by atoms with van der Waals surface area (Å²) in [7, 11) is 0. The predicted octanol–water partition coefficient (Wildman–Crippen LogP) is 2.81. The minimum atomic E-state index is 1.17. The van der Waals surface area contributed by atoms with Crippen LogP contribution in [0.1, 0.15) is 5.56 Å². The molecule has 0 aliphatic rings. The van der Waals surface area contributed by atoms with Gasteiger partial charge in [-0.05, 0) is 11.6 Å². The molecule has 0 amide bonds. The molecule has 70 valence electrons. The lowest BCUT2D eigenvalue weighted by Gasteiger charge is -1.85. The molecular weight excluding hydrogens is 172 g/mol. The van der Waals surface area contributed by atoms with Crippen molar-refractivity contribution >= 4 is 6.08 Å². The standard InChI is InChI=1S/C8H8.C4H4N2/c1-2-8-6-4-3-5-7-8;1-2-5-4-6-3-1/h2-7H,1H2;1-4H. The van der Waals surface area contributed by atoms with Gasteiger partial charge < -0.3 is 0 Å². The molecule has 2 aromatic rings. The fourth-order valence-electron chi connectivity index (χ4n) is 0.842. The summed E-state index contributed by atoms with van der Waals surface area (Å²) in [5.41, 5.74) is 1.17. The molecule has 0 atom stereocenters. The summed E-state index contributed by atoms with van der Waals surface area (Å²) in [6, 6.07) is 11.8. The van der Waals surface area contributed by atoms with E-state index >= 15 is 0 Å². The van der Waals surface area contributed by atoms with Crippen LogP contribution in [-0.4, -0.2) is 9.97 Å². The summed E-state index contributed by atoms with van der Waals surface area (Å²) in [4.78, 5) is 7.35. The Morgan fingerprint density at radius 1 is 0.929 bits per heavy atom. The third-order valence-electron chi connectivity index (χ3n) is 1.51. The molecule has 0 aliphatic heterocycles. The first kappa shape index (κ1) is 10.1. The number of nitrogens with zero attached hydrogens (tertiary/aromatic N) is 2. The van der Waals surface area contributed by atoms with Crippen LogP contribution in [0.2, 0.25) is 0 Å². The minimum Gasteiger partial charge on any atom is -0.245 e. The normalized spacial score (nSPS) is 8.29. The van der Waals surface area contributed by atoms with Crippen LogP contribution < -0.4 is 0 Å². The molecule has 1 aromatic heterocycles. The van der Waals surface area contributed by atoms with Crippen LogP contribution in [0.3, 0.4) is 0 Å². The van der Waals surface area contributed by atoms with Crippen molar-refractivity contribution in [3.63, 3.8) is 0 Å². The summed E-state index contributed by atoms with van der Waals surface area (Å²) < 4.78 is 0. The first-order valence-electron chi connectivity index (χ1n) is 4.31. The molecule has 2 nitrogen and oxygen atoms in total. The summed E-state index contributed by atoms with van der Waals surface area (Å²) in [6.07, 6.45) is 6.71. The Morgan fingerprint density at radius 3 is 1.86 bits per heavy atom. The van der Waals surface area contributed by atoms with Gasteiger partial charge in [0.1, 0.15) is 6.33 Å². The Labute approximate surface area is 84.0 Å². The van der Waals surface area contributed by atoms with Gasteiger partial charge in [0.15, 0.2) is 0 Å². The van der Waals surface area contributed by atoms with Crippen molar-refractivity contribution in [3.05, 3.63) is 67.3 Å². The summed E-state index contributed by atoms with van der Waals surface area (Å²) >= 11 is 0. The number of benzene rings is 1. The van der Waals surface area contributed by atoms with Gasteiger partial charge in [-0.25, -0.2) is 9.97 Å². The molecular formula is C12H12N2. The van der Waals surface area contributed by atoms with E-state index in [0.717, 1.165) is 0 Å². The smallest absolute Gasteiger partial charge is 0.115 e. The van der Waals surface area contributed by atoms with Gasteiger partial charge >= 0.3 is 0 Å². The van der Waals surface area contributed by atoms with Gasteiger partial charge in [-0.2, -0.15) is 0 Å². The van der Waals surface area contributed by atoms with Gasteiger partial charge in [0.05, 0.1) is 0 Å². The molecule has 2 rings (SSSR count). The maximum atomic E-state index is 3.67. The van der Waals surface area contributed by atoms with E-state index in [4.69, 9.17) is 0 Å². The zero-order valence-electron chi connectivity index (χ0n) is 7.88. The molecule has 1 heterocycles. The topological polar surface area (TPSA) is 25.8 Å². The lowest BCUT2D eigenvalue weighted by molar-refractivity contribution is 1.17. The second-order valence-electron chi connectivity index (χ2n) is 2.52. The van der Waals surface area contributed by atoms with Gasteiger partial charge in [0.25, 0.3) is 0 Å². The van der Waals surface area contributed by atoms with Crippen molar-refractivity contribution in [3.8, 4) is 0 Å². The van der Waals surface area contributed by atoms with Gasteiger partial charge in [-0.15, -0.1) is 0 Å². The van der Waals surface area contributed by atoms with Crippen LogP contribution in [0.5, 0.6) is 0 Å². The Hall–Kier alpha value is -1.96. The van der Waals surface area contributed by atoms with Crippen LogP contribution in [0.25, 0.3) is 6.08 Å². The lowest BCUT2D eigenvalue weighted by atomic mass is 10.2. The summed E-state index contributed by atoms with van der Waals surface area (Å²) in [6.45, 7) is 3.63. The summed E-state index contributed by atoms with van der Waals surface area (Å²) in [5.74, 6) is 0. The monoisotopic (exact) mass is 184 g/mol. The van der Waals surface area contributed by atoms with Crippen LogP contribution in [0.4, 0.5) is 0 Å². The summed E-state index contributed by atoms with van der Waals surface area (Å²) in [5, 5.41) is 0. The van der Waals surface area contributed by atoms with Crippen LogP contribution >= 0.6 is 0 Å². The average Bonchev–Trinajstić information content (AvgIpc) is 2.33. The molecule has 0 radical (unpaired) electrons. The van der Waals surface area contributed by atoms with Gasteiger partial charge in [-0.3, -0.25) is 0 Å². The molecule has 0 bridgehead atoms. The fourth-order valence-corrected chi connectivity index (χ4v) is 0.842. The van der Waals surface area contributed by atoms with Crippen molar-refractivity contribution < 1.29 is 0 Å². The Morgan fingerprint density at radius 2 is 1.57 bits per heavy atom. The molecule has 14 heavy (non-hydrogen) atoms. The third-order valence-corrected chi connectivity index (χ3v) is 1.51. The van der Waals surface area contributed by atoms with E-state index in [2.05, 4.69) is 16.5 Å². The maximum absolute atomic E-state index is 3.67. The Balaban J connectivity index is 0.000000146. The molecule has 0 N–H and O–H groups in total. The second kappa shape index (κ2) is 6.54. The van der Waals surface area contributed by atoms with E-state index in [-0.39, 0.29) is 0 Å². The molecule has 0 saturated heterocycles. The van der Waals surface area contributed by atoms with Crippen LogP contribution in [0.15, 0.2) is 61.7 Å². The molecule has 0 aliphatic carbocycles. The van der Waals surface area contributed by atoms with E-state index in [1.54, 1.807) is 18.5 Å². The number of hydrogen-bond acceptors (Lipinski definition) is 2. The Bertz CT molecular complexity index is 317. The first-order chi connectivity index (χ1) is 6.93. The molecule has 0 saturated carbocycles. The highest BCUT2D eigenvalue weighted by molar-refractivity contribution is 5.45. The largest absolute Gasteiger partial charge is 0.245 e. The minimum absolute atomic E-state index is 1.17. The van der Waals surface area contributed by atoms with Gasteiger partial charge in [-0.1, -0.05) is 43.0 Å². The molecule has 2 heteroatoms. The number of hydrogen-bond donors (Lipinski definition) is 0. The highest BCUT2D eigenvalue weighted by atomic mass is 14.8. The van der Waals surface area contributed by atoms with Crippen molar-refractivity contribution in [2.75, 3.05) is 0 Å². The first-order valence-corrected chi connectivity index (χ1v) is 4.31. The van der Waals surface area contributed by atoms with Crippen molar-refractivity contribution in [2.24, 2.45) is 0 Å². The highest BCUT2D eigenvalue weighted by Crippen LogP contribution is 1.97. The quantitative estimate of drug-likeness (QED) is 0.681. The highest BCUT2D eigenvalue weighted by Gasteiger charge is 1.75. The number of rotatable bonds is 1. The molecule has 0 spiro atoms. The van der Waals surface area contributed by atoms with Crippen molar-refractivity contribution in [1.82, 2.24) is 9.97 Å². The lowest BCUT2D eigenvalue weighted by Crippen LogP contribution is -1.66. The molecule has 0 fully saturated rings. The maximum Gasteiger partial charge on any atom is 0.115 e. The van der Waals surface area contributed by atoms with Gasteiger partial charge in [0, 0.05) is 12.4 Å². The van der Waals surface area contributed by atoms with Crippen molar-refractivity contribution in [2.45, 2.75) is 0 Å². The van der Waals surface area contributed by atoms with E-state index in [1.165, 1.54) is 11.9 Å². The predicted molar refractivity (Wildman–Crippen MR) is 58.6 cm³/mol. The molecule has 1 aromatic carbocycles. The third kappa shape index (κ3) is 4.16. The average molecular weight is 184 g/mol. The molecule has 0 unspecified atom stereocenters. The van der Waals surface area contributed by atoms with E-state index < -0.39 is 0 Å². The van der Waals surface area contributed by atoms with Crippen LogP contribution in [0, 0.1) is 0 Å². The zero-order valence-corrected chi connectivity index (χ0v) is 7.88. The Kier molecular flexibility index (Phi) is 4.73. The fraction of sp³-hybridized carbons (Fsp3) is 0. The van der Waals surface area contributed by atoms with E-state index in [0.29, 0.717) is 0 Å². The van der Waals surface area contributed by atoms with Gasteiger partial charge in [0.2, 0.25) is 0 Å². The van der Waals surface area contributed by atoms with Crippen molar-refractivity contribution in [1.29, 1.82) is 0 Å². The number of aromatic nitrogens is 2.